The molecule has 0 spiro atoms. The van der Waals surface area contributed by atoms with Crippen LogP contribution in [0.3, 0.4) is 0 Å². The fraction of sp³-hybridized carbons (Fsp3) is 0.0769. The molecule has 6 heteroatoms. The molecular weight excluding hydrogens is 1020 g/mol. The molecule has 84 heavy (non-hydrogen) atoms. The Morgan fingerprint density at radius 2 is 0.476 bits per heavy atom. The maximum Gasteiger partial charge on any atom is 0.0817 e. The van der Waals surface area contributed by atoms with Crippen LogP contribution in [0.15, 0.2) is 325 Å². The Morgan fingerprint density at radius 3 is 0.726 bits per heavy atom. The third-order valence-electron chi connectivity index (χ3n) is 15.9. The Bertz CT molecular complexity index is 3780. The van der Waals surface area contributed by atoms with E-state index in [4.69, 9.17) is 29.9 Å². The molecule has 0 amide bonds. The van der Waals surface area contributed by atoms with Gasteiger partial charge in [-0.25, -0.2) is 0 Å². The Kier molecular flexibility index (Phi) is 15.8. The van der Waals surface area contributed by atoms with Crippen LogP contribution in [0.1, 0.15) is 36.0 Å². The van der Waals surface area contributed by atoms with Gasteiger partial charge < -0.3 is 0 Å². The van der Waals surface area contributed by atoms with Crippen LogP contribution in [-0.4, -0.2) is 32.1 Å². The number of pyridine rings is 3. The van der Waals surface area contributed by atoms with Crippen LogP contribution >= 0.6 is 0 Å². The lowest BCUT2D eigenvalue weighted by molar-refractivity contribution is 0.338. The highest BCUT2D eigenvalue weighted by atomic mass is 14.8. The standard InChI is InChI=1S/C78H60N6/c1-7-22-55(23-8-1)61-34-19-37-64(46-61)73-43-40-70(52-79-73)82-76(58-28-13-4-14-29-58)67-49-68(77(59-30-15-5-16-31-59)83-71-41-44-74(80-53-71)65-38-20-35-62(47-65)56-24-9-2-10-25-56)51-69(50-67)78(60-32-17-6-18-33-60)84-72-42-45-75(81-54-72)66-39-21-36-63(48-66)57-26-11-3-12-27-57/h1-48,52-54,67-69H,49-51H2. The minimum absolute atomic E-state index is 0.0176. The van der Waals surface area contributed by atoms with Crippen LogP contribution < -0.4 is 0 Å². The normalized spacial score (nSPS) is 15.6. The highest BCUT2D eigenvalue weighted by Gasteiger charge is 2.38. The monoisotopic (exact) mass is 1080 g/mol. The van der Waals surface area contributed by atoms with Crippen molar-refractivity contribution < 1.29 is 0 Å². The number of aromatic nitrogens is 3. The predicted molar refractivity (Wildman–Crippen MR) is 348 cm³/mol. The molecule has 402 valence electrons. The van der Waals surface area contributed by atoms with Crippen LogP contribution in [-0.2, 0) is 0 Å². The van der Waals surface area contributed by atoms with Crippen molar-refractivity contribution >= 4 is 34.2 Å². The summed E-state index contributed by atoms with van der Waals surface area (Å²) >= 11 is 0. The summed E-state index contributed by atoms with van der Waals surface area (Å²) in [5.74, 6) is -0.0528. The second-order valence-electron chi connectivity index (χ2n) is 21.4. The smallest absolute Gasteiger partial charge is 0.0817 e. The Labute approximate surface area is 492 Å². The van der Waals surface area contributed by atoms with Gasteiger partial charge in [-0.15, -0.1) is 0 Å². The molecule has 0 saturated heterocycles. The van der Waals surface area contributed by atoms with E-state index >= 15 is 0 Å². The van der Waals surface area contributed by atoms with Crippen LogP contribution in [0.5, 0.6) is 0 Å². The summed E-state index contributed by atoms with van der Waals surface area (Å²) in [5, 5.41) is 0. The summed E-state index contributed by atoms with van der Waals surface area (Å²) in [4.78, 5) is 32.1. The molecular formula is C78H60N6. The van der Waals surface area contributed by atoms with Crippen LogP contribution in [0.4, 0.5) is 17.1 Å². The third-order valence-corrected chi connectivity index (χ3v) is 15.9. The molecule has 1 fully saturated rings. The van der Waals surface area contributed by atoms with E-state index < -0.39 is 0 Å². The van der Waals surface area contributed by atoms with Gasteiger partial charge in [0.05, 0.1) is 69.9 Å². The number of rotatable bonds is 15. The zero-order valence-corrected chi connectivity index (χ0v) is 46.5. The van der Waals surface area contributed by atoms with Gasteiger partial charge >= 0.3 is 0 Å². The van der Waals surface area contributed by atoms with Gasteiger partial charge in [0.15, 0.2) is 0 Å². The van der Waals surface area contributed by atoms with Crippen molar-refractivity contribution in [2.24, 2.45) is 32.7 Å². The van der Waals surface area contributed by atoms with Crippen molar-refractivity contribution in [2.75, 3.05) is 0 Å². The molecule has 0 aliphatic heterocycles. The molecule has 1 aliphatic rings. The van der Waals surface area contributed by atoms with E-state index in [1.165, 1.54) is 16.7 Å². The summed E-state index contributed by atoms with van der Waals surface area (Å²) in [6.45, 7) is 0. The molecule has 1 saturated carbocycles. The molecule has 12 aromatic rings. The minimum atomic E-state index is -0.0176. The van der Waals surface area contributed by atoms with E-state index in [-0.39, 0.29) is 17.8 Å². The highest BCUT2D eigenvalue weighted by molar-refractivity contribution is 6.09. The molecule has 13 rings (SSSR count). The lowest BCUT2D eigenvalue weighted by Gasteiger charge is -2.37. The first-order valence-electron chi connectivity index (χ1n) is 28.9. The molecule has 0 unspecified atom stereocenters. The van der Waals surface area contributed by atoms with Crippen molar-refractivity contribution in [3.8, 4) is 67.2 Å². The Hall–Kier alpha value is -10.6. The molecule has 1 aliphatic carbocycles. The molecule has 0 radical (unpaired) electrons. The predicted octanol–water partition coefficient (Wildman–Crippen LogP) is 19.7. The quantitative estimate of drug-likeness (QED) is 0.0960. The van der Waals surface area contributed by atoms with E-state index in [1.807, 2.05) is 36.8 Å². The molecule has 0 N–H and O–H groups in total. The highest BCUT2D eigenvalue weighted by Crippen LogP contribution is 2.42. The average Bonchev–Trinajstić information content (AvgIpc) is 3.70. The van der Waals surface area contributed by atoms with Gasteiger partial charge in [-0.3, -0.25) is 29.9 Å². The molecule has 3 aromatic heterocycles. The van der Waals surface area contributed by atoms with Gasteiger partial charge in [0.2, 0.25) is 0 Å². The average molecular weight is 1080 g/mol. The minimum Gasteiger partial charge on any atom is -0.254 e. The van der Waals surface area contributed by atoms with Crippen LogP contribution in [0.25, 0.3) is 67.2 Å². The lowest BCUT2D eigenvalue weighted by Crippen LogP contribution is -2.36. The molecule has 9 aromatic carbocycles. The SMILES string of the molecule is c1ccc(C(=Nc2ccc(-c3cccc(-c4ccccc4)c3)nc2)C2CC(C(=Nc3ccc(-c4cccc(-c5ccccc5)c4)nc3)c3ccccc3)CC(C(=Nc3ccc(-c4cccc(-c5ccccc5)c4)nc3)c3ccccc3)C2)cc1. The van der Waals surface area contributed by atoms with E-state index in [2.05, 4.69) is 273 Å². The zero-order valence-electron chi connectivity index (χ0n) is 46.5. The maximum absolute atomic E-state index is 5.64. The van der Waals surface area contributed by atoms with Crippen LogP contribution in [0.2, 0.25) is 0 Å². The van der Waals surface area contributed by atoms with Crippen molar-refractivity contribution in [3.05, 3.63) is 326 Å². The fourth-order valence-electron chi connectivity index (χ4n) is 11.7. The van der Waals surface area contributed by atoms with Gasteiger partial charge in [-0.05, 0) is 124 Å². The second-order valence-corrected chi connectivity index (χ2v) is 21.4. The van der Waals surface area contributed by atoms with Gasteiger partial charge in [0.25, 0.3) is 0 Å². The fourth-order valence-corrected chi connectivity index (χ4v) is 11.7. The maximum atomic E-state index is 5.64. The number of nitrogens with zero attached hydrogens (tertiary/aromatic N) is 6. The first-order chi connectivity index (χ1) is 41.6. The van der Waals surface area contributed by atoms with Gasteiger partial charge in [0, 0.05) is 34.4 Å². The van der Waals surface area contributed by atoms with Crippen LogP contribution in [0, 0.1) is 17.8 Å². The zero-order chi connectivity index (χ0) is 56.3. The van der Waals surface area contributed by atoms with Gasteiger partial charge in [-0.2, -0.15) is 0 Å². The lowest BCUT2D eigenvalue weighted by atomic mass is 9.68. The largest absolute Gasteiger partial charge is 0.254 e. The number of benzene rings is 9. The summed E-state index contributed by atoms with van der Waals surface area (Å²) < 4.78 is 0. The van der Waals surface area contributed by atoms with E-state index in [0.29, 0.717) is 0 Å². The van der Waals surface area contributed by atoms with Crippen molar-refractivity contribution in [1.82, 2.24) is 15.0 Å². The Balaban J connectivity index is 0.903. The second kappa shape index (κ2) is 25.1. The number of hydrogen-bond donors (Lipinski definition) is 0. The van der Waals surface area contributed by atoms with Crippen molar-refractivity contribution in [3.63, 3.8) is 0 Å². The summed E-state index contributed by atoms with van der Waals surface area (Å²) in [6, 6.07) is 102. The van der Waals surface area contributed by atoms with E-state index in [9.17, 15) is 0 Å². The topological polar surface area (TPSA) is 75.8 Å². The van der Waals surface area contributed by atoms with Gasteiger partial charge in [0.1, 0.15) is 0 Å². The third kappa shape index (κ3) is 12.3. The number of hydrogen-bond acceptors (Lipinski definition) is 6. The van der Waals surface area contributed by atoms with E-state index in [1.54, 1.807) is 0 Å². The van der Waals surface area contributed by atoms with E-state index in [0.717, 1.165) is 121 Å². The first-order valence-corrected chi connectivity index (χ1v) is 28.9. The van der Waals surface area contributed by atoms with Gasteiger partial charge in [-0.1, -0.05) is 237 Å². The molecule has 3 heterocycles. The van der Waals surface area contributed by atoms with Crippen molar-refractivity contribution in [1.29, 1.82) is 0 Å². The molecule has 6 nitrogen and oxygen atoms in total. The molecule has 0 bridgehead atoms. The Morgan fingerprint density at radius 1 is 0.238 bits per heavy atom. The summed E-state index contributed by atoms with van der Waals surface area (Å²) in [6.07, 6.45) is 8.15. The molecule has 0 atom stereocenters. The van der Waals surface area contributed by atoms with Crippen molar-refractivity contribution in [2.45, 2.75) is 19.3 Å². The summed E-state index contributed by atoms with van der Waals surface area (Å²) in [5.41, 5.74) is 21.5. The summed E-state index contributed by atoms with van der Waals surface area (Å²) in [7, 11) is 0. The first kappa shape index (κ1) is 52.8. The number of aliphatic imine (C=N–C) groups is 3.